The third kappa shape index (κ3) is 3.72. The summed E-state index contributed by atoms with van der Waals surface area (Å²) in [4.78, 5) is 2.51. The SMILES string of the molecule is CN1CCCCC1CNCCC1CCOC1. The topological polar surface area (TPSA) is 24.5 Å². The van der Waals surface area contributed by atoms with Crippen LogP contribution in [0.5, 0.6) is 0 Å². The lowest BCUT2D eigenvalue weighted by atomic mass is 10.0. The predicted octanol–water partition coefficient (Wildman–Crippen LogP) is 1.49. The molecule has 0 aromatic heterocycles. The Hall–Kier alpha value is -0.120. The lowest BCUT2D eigenvalue weighted by Gasteiger charge is -2.32. The maximum Gasteiger partial charge on any atom is 0.0495 e. The normalized spacial score (nSPS) is 32.1. The van der Waals surface area contributed by atoms with Crippen LogP contribution in [0.25, 0.3) is 0 Å². The first-order valence-corrected chi connectivity index (χ1v) is 6.85. The van der Waals surface area contributed by atoms with Gasteiger partial charge in [0.05, 0.1) is 0 Å². The summed E-state index contributed by atoms with van der Waals surface area (Å²) in [6, 6.07) is 0.772. The molecule has 0 aliphatic carbocycles. The average molecular weight is 226 g/mol. The smallest absolute Gasteiger partial charge is 0.0495 e. The number of likely N-dealkylation sites (N-methyl/N-ethyl adjacent to an activating group) is 1. The van der Waals surface area contributed by atoms with Crippen LogP contribution in [-0.2, 0) is 4.74 Å². The van der Waals surface area contributed by atoms with Gasteiger partial charge >= 0.3 is 0 Å². The monoisotopic (exact) mass is 226 g/mol. The molecular weight excluding hydrogens is 200 g/mol. The average Bonchev–Trinajstić information content (AvgIpc) is 2.79. The van der Waals surface area contributed by atoms with E-state index in [4.69, 9.17) is 4.74 Å². The van der Waals surface area contributed by atoms with Gasteiger partial charge in [-0.3, -0.25) is 0 Å². The molecular formula is C13H26N2O. The van der Waals surface area contributed by atoms with E-state index in [0.29, 0.717) is 0 Å². The number of likely N-dealkylation sites (tertiary alicyclic amines) is 1. The fourth-order valence-electron chi connectivity index (χ4n) is 2.79. The van der Waals surface area contributed by atoms with Crippen LogP contribution in [0.4, 0.5) is 0 Å². The number of rotatable bonds is 5. The molecule has 3 heteroatoms. The first kappa shape index (κ1) is 12.3. The Morgan fingerprint density at radius 1 is 1.31 bits per heavy atom. The minimum Gasteiger partial charge on any atom is -0.381 e. The van der Waals surface area contributed by atoms with E-state index < -0.39 is 0 Å². The van der Waals surface area contributed by atoms with Crippen LogP contribution in [0.3, 0.4) is 0 Å². The van der Waals surface area contributed by atoms with Gasteiger partial charge in [0, 0.05) is 25.8 Å². The number of piperidine rings is 1. The molecule has 2 aliphatic heterocycles. The molecule has 0 spiro atoms. The summed E-state index contributed by atoms with van der Waals surface area (Å²) in [5, 5.41) is 3.62. The second-order valence-electron chi connectivity index (χ2n) is 5.35. The molecule has 2 fully saturated rings. The van der Waals surface area contributed by atoms with Crippen LogP contribution >= 0.6 is 0 Å². The van der Waals surface area contributed by atoms with E-state index >= 15 is 0 Å². The van der Waals surface area contributed by atoms with Gasteiger partial charge in [-0.15, -0.1) is 0 Å². The number of nitrogens with zero attached hydrogens (tertiary/aromatic N) is 1. The zero-order chi connectivity index (χ0) is 11.2. The first-order valence-electron chi connectivity index (χ1n) is 6.85. The van der Waals surface area contributed by atoms with E-state index in [9.17, 15) is 0 Å². The van der Waals surface area contributed by atoms with Gasteiger partial charge in [0.2, 0.25) is 0 Å². The number of ether oxygens (including phenoxy) is 1. The Morgan fingerprint density at radius 3 is 3.00 bits per heavy atom. The largest absolute Gasteiger partial charge is 0.381 e. The van der Waals surface area contributed by atoms with Crippen molar-refractivity contribution in [3.63, 3.8) is 0 Å². The van der Waals surface area contributed by atoms with Crippen LogP contribution in [0.15, 0.2) is 0 Å². The molecule has 3 nitrogen and oxygen atoms in total. The molecule has 1 N–H and O–H groups in total. The summed E-state index contributed by atoms with van der Waals surface area (Å²) < 4.78 is 5.39. The Bertz CT molecular complexity index is 192. The zero-order valence-electron chi connectivity index (χ0n) is 10.6. The summed E-state index contributed by atoms with van der Waals surface area (Å²) in [5.74, 6) is 0.816. The van der Waals surface area contributed by atoms with E-state index in [2.05, 4.69) is 17.3 Å². The molecule has 16 heavy (non-hydrogen) atoms. The van der Waals surface area contributed by atoms with Crippen molar-refractivity contribution in [3.05, 3.63) is 0 Å². The summed E-state index contributed by atoms with van der Waals surface area (Å²) >= 11 is 0. The first-order chi connectivity index (χ1) is 7.86. The molecule has 2 atom stereocenters. The second-order valence-corrected chi connectivity index (χ2v) is 5.35. The second kappa shape index (κ2) is 6.58. The van der Waals surface area contributed by atoms with Crippen LogP contribution in [0, 0.1) is 5.92 Å². The van der Waals surface area contributed by atoms with Crippen molar-refractivity contribution in [3.8, 4) is 0 Å². The third-order valence-electron chi connectivity index (χ3n) is 4.05. The van der Waals surface area contributed by atoms with Gasteiger partial charge in [0.1, 0.15) is 0 Å². The molecule has 0 bridgehead atoms. The van der Waals surface area contributed by atoms with Crippen molar-refractivity contribution < 1.29 is 4.74 Å². The van der Waals surface area contributed by atoms with Gasteiger partial charge in [-0.2, -0.15) is 0 Å². The fraction of sp³-hybridized carbons (Fsp3) is 1.00. The predicted molar refractivity (Wildman–Crippen MR) is 66.7 cm³/mol. The summed E-state index contributed by atoms with van der Waals surface area (Å²) in [6.45, 7) is 5.59. The molecule has 2 saturated heterocycles. The van der Waals surface area contributed by atoms with Crippen molar-refractivity contribution in [1.82, 2.24) is 10.2 Å². The Labute approximate surface area is 99.5 Å². The number of hydrogen-bond acceptors (Lipinski definition) is 3. The highest BCUT2D eigenvalue weighted by atomic mass is 16.5. The molecule has 0 aromatic rings. The zero-order valence-corrected chi connectivity index (χ0v) is 10.6. The fourth-order valence-corrected chi connectivity index (χ4v) is 2.79. The molecule has 2 rings (SSSR count). The molecule has 2 heterocycles. The van der Waals surface area contributed by atoms with Crippen LogP contribution in [0.1, 0.15) is 32.1 Å². The quantitative estimate of drug-likeness (QED) is 0.719. The van der Waals surface area contributed by atoms with Gasteiger partial charge in [-0.1, -0.05) is 6.42 Å². The lowest BCUT2D eigenvalue weighted by Crippen LogP contribution is -2.43. The summed E-state index contributed by atoms with van der Waals surface area (Å²) in [7, 11) is 2.26. The highest BCUT2D eigenvalue weighted by Crippen LogP contribution is 2.16. The molecule has 0 amide bonds. The van der Waals surface area contributed by atoms with E-state index in [-0.39, 0.29) is 0 Å². The minimum atomic E-state index is 0.772. The van der Waals surface area contributed by atoms with Gasteiger partial charge in [-0.05, 0) is 51.7 Å². The highest BCUT2D eigenvalue weighted by molar-refractivity contribution is 4.76. The van der Waals surface area contributed by atoms with Crippen LogP contribution in [-0.4, -0.2) is 50.8 Å². The van der Waals surface area contributed by atoms with E-state index in [0.717, 1.165) is 25.2 Å². The maximum absolute atomic E-state index is 5.39. The molecule has 0 saturated carbocycles. The van der Waals surface area contributed by atoms with Gasteiger partial charge in [-0.25, -0.2) is 0 Å². The molecule has 0 aromatic carbocycles. The van der Waals surface area contributed by atoms with E-state index in [1.54, 1.807) is 0 Å². The Balaban J connectivity index is 1.53. The van der Waals surface area contributed by atoms with Crippen molar-refractivity contribution >= 4 is 0 Å². The standard InChI is InChI=1S/C13H26N2O/c1-15-8-3-2-4-13(15)10-14-7-5-12-6-9-16-11-12/h12-14H,2-11H2,1H3. The summed E-state index contributed by atoms with van der Waals surface area (Å²) in [5.41, 5.74) is 0. The Kier molecular flexibility index (Phi) is 5.07. The van der Waals surface area contributed by atoms with Crippen molar-refractivity contribution in [2.75, 3.05) is 39.9 Å². The maximum atomic E-state index is 5.39. The van der Waals surface area contributed by atoms with Gasteiger partial charge < -0.3 is 15.0 Å². The van der Waals surface area contributed by atoms with Gasteiger partial charge in [0.25, 0.3) is 0 Å². The minimum absolute atomic E-state index is 0.772. The molecule has 94 valence electrons. The lowest BCUT2D eigenvalue weighted by molar-refractivity contribution is 0.177. The number of hydrogen-bond donors (Lipinski definition) is 1. The number of nitrogens with one attached hydrogen (secondary N) is 1. The van der Waals surface area contributed by atoms with Crippen LogP contribution < -0.4 is 5.32 Å². The van der Waals surface area contributed by atoms with E-state index in [1.807, 2.05) is 0 Å². The summed E-state index contributed by atoms with van der Waals surface area (Å²) in [6.07, 6.45) is 6.72. The van der Waals surface area contributed by atoms with Crippen LogP contribution in [0.2, 0.25) is 0 Å². The molecule has 2 aliphatic rings. The highest BCUT2D eigenvalue weighted by Gasteiger charge is 2.19. The van der Waals surface area contributed by atoms with Crippen molar-refractivity contribution in [2.24, 2.45) is 5.92 Å². The van der Waals surface area contributed by atoms with E-state index in [1.165, 1.54) is 51.7 Å². The third-order valence-corrected chi connectivity index (χ3v) is 4.05. The molecule has 0 radical (unpaired) electrons. The molecule has 2 unspecified atom stereocenters. The van der Waals surface area contributed by atoms with Crippen molar-refractivity contribution in [2.45, 2.75) is 38.1 Å². The van der Waals surface area contributed by atoms with Crippen molar-refractivity contribution in [1.29, 1.82) is 0 Å². The Morgan fingerprint density at radius 2 is 2.25 bits per heavy atom. The van der Waals surface area contributed by atoms with Gasteiger partial charge in [0.15, 0.2) is 0 Å².